The lowest BCUT2D eigenvalue weighted by Gasteiger charge is -2.20. The maximum Gasteiger partial charge on any atom is 0.338 e. The van der Waals surface area contributed by atoms with Crippen molar-refractivity contribution < 1.29 is 22.7 Å². The van der Waals surface area contributed by atoms with Crippen LogP contribution in [0.5, 0.6) is 0 Å². The van der Waals surface area contributed by atoms with Gasteiger partial charge in [-0.3, -0.25) is 0 Å². The molecule has 0 aliphatic rings. The highest BCUT2D eigenvalue weighted by Crippen LogP contribution is 2.25. The summed E-state index contributed by atoms with van der Waals surface area (Å²) >= 11 is 2.94. The SMILES string of the molecule is C#CC(C)(C)NS(=O)(=O)c1cc(Br)cc(C(=O)O)c1F. The van der Waals surface area contributed by atoms with Crippen molar-refractivity contribution in [3.05, 3.63) is 28.0 Å². The fourth-order valence-electron chi connectivity index (χ4n) is 1.34. The van der Waals surface area contributed by atoms with E-state index in [4.69, 9.17) is 11.5 Å². The Morgan fingerprint density at radius 2 is 2.05 bits per heavy atom. The number of aromatic carboxylic acids is 1. The number of halogens is 2. The van der Waals surface area contributed by atoms with Gasteiger partial charge in [-0.1, -0.05) is 21.9 Å². The summed E-state index contributed by atoms with van der Waals surface area (Å²) < 4.78 is 40.4. The Labute approximate surface area is 124 Å². The summed E-state index contributed by atoms with van der Waals surface area (Å²) in [7, 11) is -4.30. The lowest BCUT2D eigenvalue weighted by atomic mass is 10.1. The zero-order valence-electron chi connectivity index (χ0n) is 10.6. The van der Waals surface area contributed by atoms with Crippen molar-refractivity contribution in [2.24, 2.45) is 0 Å². The van der Waals surface area contributed by atoms with Gasteiger partial charge in [0.25, 0.3) is 0 Å². The van der Waals surface area contributed by atoms with Crippen LogP contribution in [0.25, 0.3) is 0 Å². The van der Waals surface area contributed by atoms with E-state index in [0.29, 0.717) is 0 Å². The molecule has 0 radical (unpaired) electrons. The van der Waals surface area contributed by atoms with Gasteiger partial charge in [-0.15, -0.1) is 6.42 Å². The molecule has 1 aromatic carbocycles. The molecule has 0 aliphatic heterocycles. The Morgan fingerprint density at radius 1 is 1.50 bits per heavy atom. The van der Waals surface area contributed by atoms with E-state index in [1.165, 1.54) is 13.8 Å². The molecule has 0 atom stereocenters. The largest absolute Gasteiger partial charge is 0.478 e. The molecular weight excluding hydrogens is 353 g/mol. The first kappa shape index (κ1) is 16.6. The van der Waals surface area contributed by atoms with E-state index in [9.17, 15) is 17.6 Å². The summed E-state index contributed by atoms with van der Waals surface area (Å²) in [5.74, 6) is -0.721. The predicted octanol–water partition coefficient (Wildman–Crippen LogP) is 1.98. The van der Waals surface area contributed by atoms with E-state index in [-0.39, 0.29) is 4.47 Å². The quantitative estimate of drug-likeness (QED) is 0.801. The highest BCUT2D eigenvalue weighted by atomic mass is 79.9. The van der Waals surface area contributed by atoms with Crippen LogP contribution in [0.15, 0.2) is 21.5 Å². The van der Waals surface area contributed by atoms with Gasteiger partial charge in [-0.25, -0.2) is 17.6 Å². The second kappa shape index (κ2) is 5.52. The molecule has 0 heterocycles. The Hall–Kier alpha value is -1.43. The van der Waals surface area contributed by atoms with Crippen molar-refractivity contribution in [1.29, 1.82) is 0 Å². The van der Waals surface area contributed by atoms with Crippen molar-refractivity contribution in [2.75, 3.05) is 0 Å². The normalized spacial score (nSPS) is 11.9. The Balaban J connectivity index is 3.48. The number of rotatable bonds is 4. The van der Waals surface area contributed by atoms with Crippen molar-refractivity contribution in [1.82, 2.24) is 4.72 Å². The lowest BCUT2D eigenvalue weighted by molar-refractivity contribution is 0.0691. The van der Waals surface area contributed by atoms with Crippen molar-refractivity contribution >= 4 is 31.9 Å². The summed E-state index contributed by atoms with van der Waals surface area (Å²) in [4.78, 5) is 10.1. The van der Waals surface area contributed by atoms with Crippen molar-refractivity contribution in [3.63, 3.8) is 0 Å². The van der Waals surface area contributed by atoms with Gasteiger partial charge >= 0.3 is 5.97 Å². The molecule has 0 amide bonds. The number of hydrogen-bond acceptors (Lipinski definition) is 3. The second-order valence-corrected chi connectivity index (χ2v) is 7.01. The van der Waals surface area contributed by atoms with E-state index in [0.717, 1.165) is 12.1 Å². The fraction of sp³-hybridized carbons (Fsp3) is 0.250. The number of terminal acetylenes is 1. The van der Waals surface area contributed by atoms with Gasteiger partial charge in [-0.2, -0.15) is 4.72 Å². The molecule has 8 heteroatoms. The first-order chi connectivity index (χ1) is 9.00. The summed E-state index contributed by atoms with van der Waals surface area (Å²) in [5.41, 5.74) is -1.99. The average molecular weight is 364 g/mol. The molecule has 0 aliphatic carbocycles. The van der Waals surface area contributed by atoms with Gasteiger partial charge in [0.15, 0.2) is 5.82 Å². The summed E-state index contributed by atoms with van der Waals surface area (Å²) in [6.45, 7) is 2.83. The van der Waals surface area contributed by atoms with Crippen LogP contribution in [-0.4, -0.2) is 25.0 Å². The molecule has 0 unspecified atom stereocenters. The molecule has 5 nitrogen and oxygen atoms in total. The number of nitrogens with one attached hydrogen (secondary N) is 1. The van der Waals surface area contributed by atoms with Gasteiger partial charge in [0.2, 0.25) is 10.0 Å². The minimum absolute atomic E-state index is 0.121. The number of carbonyl (C=O) groups is 1. The van der Waals surface area contributed by atoms with Crippen LogP contribution in [0, 0.1) is 18.2 Å². The number of carboxylic acid groups (broad SMARTS) is 1. The van der Waals surface area contributed by atoms with E-state index in [1.54, 1.807) is 0 Å². The highest BCUT2D eigenvalue weighted by Gasteiger charge is 2.29. The number of carboxylic acids is 1. The zero-order chi connectivity index (χ0) is 15.7. The minimum Gasteiger partial charge on any atom is -0.478 e. The molecule has 2 N–H and O–H groups in total. The van der Waals surface area contributed by atoms with Crippen LogP contribution in [0.4, 0.5) is 4.39 Å². The molecule has 0 spiro atoms. The lowest BCUT2D eigenvalue weighted by Crippen LogP contribution is -2.42. The zero-order valence-corrected chi connectivity index (χ0v) is 13.0. The van der Waals surface area contributed by atoms with E-state index < -0.39 is 37.8 Å². The Kier molecular flexibility index (Phi) is 4.59. The number of sulfonamides is 1. The first-order valence-corrected chi connectivity index (χ1v) is 7.52. The van der Waals surface area contributed by atoms with Crippen LogP contribution < -0.4 is 4.72 Å². The number of benzene rings is 1. The first-order valence-electron chi connectivity index (χ1n) is 5.24. The van der Waals surface area contributed by atoms with Gasteiger partial charge in [0.1, 0.15) is 4.90 Å². The van der Waals surface area contributed by atoms with Crippen LogP contribution in [0.1, 0.15) is 24.2 Å². The topological polar surface area (TPSA) is 83.5 Å². The Bertz CT molecular complexity index is 707. The smallest absolute Gasteiger partial charge is 0.338 e. The number of hydrogen-bond donors (Lipinski definition) is 2. The molecule has 0 aromatic heterocycles. The van der Waals surface area contributed by atoms with Gasteiger partial charge in [0.05, 0.1) is 11.1 Å². The molecular formula is C12H11BrFNO4S. The summed E-state index contributed by atoms with van der Waals surface area (Å²) in [5, 5.41) is 8.85. The average Bonchev–Trinajstić information content (AvgIpc) is 2.30. The second-order valence-electron chi connectivity index (χ2n) is 4.45. The maximum absolute atomic E-state index is 14.0. The molecule has 20 heavy (non-hydrogen) atoms. The van der Waals surface area contributed by atoms with Crippen LogP contribution >= 0.6 is 15.9 Å². The summed E-state index contributed by atoms with van der Waals surface area (Å²) in [6, 6.07) is 1.94. The highest BCUT2D eigenvalue weighted by molar-refractivity contribution is 9.10. The predicted molar refractivity (Wildman–Crippen MR) is 74.3 cm³/mol. The molecule has 0 bridgehead atoms. The van der Waals surface area contributed by atoms with Gasteiger partial charge in [-0.05, 0) is 26.0 Å². The van der Waals surface area contributed by atoms with E-state index in [1.807, 2.05) is 0 Å². The molecule has 1 rings (SSSR count). The van der Waals surface area contributed by atoms with Gasteiger partial charge < -0.3 is 5.11 Å². The van der Waals surface area contributed by atoms with E-state index in [2.05, 4.69) is 26.6 Å². The third kappa shape index (κ3) is 3.56. The van der Waals surface area contributed by atoms with Gasteiger partial charge in [0, 0.05) is 4.47 Å². The fourth-order valence-corrected chi connectivity index (χ4v) is 3.41. The molecule has 0 fully saturated rings. The third-order valence-corrected chi connectivity index (χ3v) is 4.39. The van der Waals surface area contributed by atoms with Crippen LogP contribution in [-0.2, 0) is 10.0 Å². The molecule has 0 saturated carbocycles. The Morgan fingerprint density at radius 3 is 2.50 bits per heavy atom. The summed E-state index contributed by atoms with van der Waals surface area (Å²) in [6.07, 6.45) is 5.16. The molecule has 108 valence electrons. The van der Waals surface area contributed by atoms with Crippen molar-refractivity contribution in [3.8, 4) is 12.3 Å². The maximum atomic E-state index is 14.0. The molecule has 1 aromatic rings. The van der Waals surface area contributed by atoms with Crippen molar-refractivity contribution in [2.45, 2.75) is 24.3 Å². The third-order valence-electron chi connectivity index (χ3n) is 2.27. The minimum atomic E-state index is -4.30. The monoisotopic (exact) mass is 363 g/mol. The standard InChI is InChI=1S/C12H11BrFNO4S/c1-4-12(2,3)15-20(18,19)9-6-7(13)5-8(10(9)14)11(16)17/h1,5-6,15H,2-3H3,(H,16,17). The van der Waals surface area contributed by atoms with Crippen LogP contribution in [0.2, 0.25) is 0 Å². The van der Waals surface area contributed by atoms with E-state index >= 15 is 0 Å². The molecule has 0 saturated heterocycles. The van der Waals surface area contributed by atoms with Crippen LogP contribution in [0.3, 0.4) is 0 Å².